The van der Waals surface area contributed by atoms with Crippen LogP contribution >= 0.6 is 0 Å². The van der Waals surface area contributed by atoms with Crippen molar-refractivity contribution in [1.29, 1.82) is 0 Å². The molecule has 1 saturated heterocycles. The predicted molar refractivity (Wildman–Crippen MR) is 79.1 cm³/mol. The van der Waals surface area contributed by atoms with Crippen LogP contribution in [-0.4, -0.2) is 50.4 Å². The number of rotatable bonds is 6. The summed E-state index contributed by atoms with van der Waals surface area (Å²) < 4.78 is 17.4. The maximum absolute atomic E-state index is 12.2. The van der Waals surface area contributed by atoms with Crippen molar-refractivity contribution in [1.82, 2.24) is 5.32 Å². The summed E-state index contributed by atoms with van der Waals surface area (Å²) in [7, 11) is 0. The Labute approximate surface area is 127 Å². The number of morpholine rings is 1. The number of benzene rings is 1. The Morgan fingerprint density at radius 3 is 2.77 bits per heavy atom. The van der Waals surface area contributed by atoms with Crippen molar-refractivity contribution in [2.24, 2.45) is 0 Å². The summed E-state index contributed by atoms with van der Waals surface area (Å²) in [6.45, 7) is 1.54. The van der Waals surface area contributed by atoms with Crippen LogP contribution in [0.15, 0.2) is 18.2 Å². The minimum atomic E-state index is -0.522. The molecule has 1 aromatic rings. The summed E-state index contributed by atoms with van der Waals surface area (Å²) >= 11 is 0. The van der Waals surface area contributed by atoms with Crippen molar-refractivity contribution in [2.75, 3.05) is 44.4 Å². The monoisotopic (exact) mass is 311 g/mol. The third-order valence-electron chi connectivity index (χ3n) is 3.38. The molecule has 0 radical (unpaired) electrons. The van der Waals surface area contributed by atoms with Gasteiger partial charge in [0.1, 0.15) is 5.69 Å². The molecule has 0 atom stereocenters. The Kier molecular flexibility index (Phi) is 5.65. The molecule has 2 rings (SSSR count). The van der Waals surface area contributed by atoms with Crippen LogP contribution in [0, 0.1) is 10.1 Å². The van der Waals surface area contributed by atoms with Gasteiger partial charge in [-0.2, -0.15) is 0 Å². The Morgan fingerprint density at radius 1 is 1.41 bits per heavy atom. The maximum Gasteiger partial charge on any atom is 0.293 e. The molecule has 1 aliphatic heterocycles. The number of carbonyl (C=O) groups excluding carboxylic acids is 1. The number of ether oxygens (including phenoxy) is 1. The SMILES string of the molecule is O=C(NCCCF)c1cccc([N+](=O)[O-])c1N1CCOCC1. The fourth-order valence-electron chi connectivity index (χ4n) is 2.35. The van der Waals surface area contributed by atoms with Crippen molar-refractivity contribution < 1.29 is 18.8 Å². The molecular weight excluding hydrogens is 293 g/mol. The fraction of sp³-hybridized carbons (Fsp3) is 0.500. The molecule has 1 aromatic carbocycles. The van der Waals surface area contributed by atoms with Gasteiger partial charge in [0.15, 0.2) is 0 Å². The van der Waals surface area contributed by atoms with Gasteiger partial charge in [0.05, 0.1) is 30.4 Å². The number of amides is 1. The Bertz CT molecular complexity index is 547. The lowest BCUT2D eigenvalue weighted by molar-refractivity contribution is -0.384. The molecule has 1 fully saturated rings. The second kappa shape index (κ2) is 7.69. The molecule has 0 spiro atoms. The number of anilines is 1. The maximum atomic E-state index is 12.2. The normalized spacial score (nSPS) is 14.7. The van der Waals surface area contributed by atoms with Gasteiger partial charge < -0.3 is 15.0 Å². The van der Waals surface area contributed by atoms with Gasteiger partial charge in [-0.25, -0.2) is 0 Å². The standard InChI is InChI=1S/C14H18FN3O4/c15-5-2-6-16-14(19)11-3-1-4-12(18(20)21)13(11)17-7-9-22-10-8-17/h1,3-4H,2,5-10H2,(H,16,19). The minimum Gasteiger partial charge on any atom is -0.378 e. The summed E-state index contributed by atoms with van der Waals surface area (Å²) in [6, 6.07) is 4.40. The summed E-state index contributed by atoms with van der Waals surface area (Å²) in [4.78, 5) is 24.8. The second-order valence-electron chi connectivity index (χ2n) is 4.83. The number of nitro benzene ring substituents is 1. The number of alkyl halides is 1. The average molecular weight is 311 g/mol. The van der Waals surface area contributed by atoms with E-state index in [1.54, 1.807) is 11.0 Å². The van der Waals surface area contributed by atoms with Crippen LogP contribution in [0.25, 0.3) is 0 Å². The highest BCUT2D eigenvalue weighted by Gasteiger charge is 2.27. The van der Waals surface area contributed by atoms with E-state index in [4.69, 9.17) is 4.74 Å². The largest absolute Gasteiger partial charge is 0.378 e. The van der Waals surface area contributed by atoms with E-state index < -0.39 is 17.5 Å². The molecule has 0 aliphatic carbocycles. The van der Waals surface area contributed by atoms with E-state index in [-0.39, 0.29) is 24.2 Å². The van der Waals surface area contributed by atoms with Crippen LogP contribution in [0.3, 0.4) is 0 Å². The Balaban J connectivity index is 2.33. The summed E-state index contributed by atoms with van der Waals surface area (Å²) in [5.74, 6) is -0.432. The van der Waals surface area contributed by atoms with Gasteiger partial charge in [0.25, 0.3) is 11.6 Å². The minimum absolute atomic E-state index is 0.111. The lowest BCUT2D eigenvalue weighted by Crippen LogP contribution is -2.38. The first kappa shape index (κ1) is 16.2. The summed E-state index contributed by atoms with van der Waals surface area (Å²) in [5, 5.41) is 13.9. The zero-order valence-electron chi connectivity index (χ0n) is 12.1. The first-order valence-corrected chi connectivity index (χ1v) is 7.09. The zero-order valence-corrected chi connectivity index (χ0v) is 12.1. The molecule has 120 valence electrons. The average Bonchev–Trinajstić information content (AvgIpc) is 2.55. The molecule has 0 unspecified atom stereocenters. The van der Waals surface area contributed by atoms with Gasteiger partial charge in [-0.15, -0.1) is 0 Å². The van der Waals surface area contributed by atoms with Crippen LogP contribution in [0.1, 0.15) is 16.8 Å². The van der Waals surface area contributed by atoms with Crippen molar-refractivity contribution in [2.45, 2.75) is 6.42 Å². The molecule has 0 aromatic heterocycles. The molecule has 22 heavy (non-hydrogen) atoms. The number of para-hydroxylation sites is 1. The quantitative estimate of drug-likeness (QED) is 0.489. The molecule has 7 nitrogen and oxygen atoms in total. The molecule has 1 N–H and O–H groups in total. The summed E-state index contributed by atoms with van der Waals surface area (Å²) in [6.07, 6.45) is 0.216. The number of hydrogen-bond donors (Lipinski definition) is 1. The lowest BCUT2D eigenvalue weighted by Gasteiger charge is -2.29. The van der Waals surface area contributed by atoms with Crippen molar-refractivity contribution in [3.05, 3.63) is 33.9 Å². The molecular formula is C14H18FN3O4. The van der Waals surface area contributed by atoms with E-state index in [0.29, 0.717) is 32.0 Å². The van der Waals surface area contributed by atoms with Gasteiger partial charge in [0.2, 0.25) is 0 Å². The number of nitrogens with zero attached hydrogens (tertiary/aromatic N) is 2. The van der Waals surface area contributed by atoms with Gasteiger partial charge >= 0.3 is 0 Å². The lowest BCUT2D eigenvalue weighted by atomic mass is 10.1. The van der Waals surface area contributed by atoms with Gasteiger partial charge in [-0.05, 0) is 12.5 Å². The van der Waals surface area contributed by atoms with E-state index in [0.717, 1.165) is 0 Å². The molecule has 1 aliphatic rings. The number of carbonyl (C=O) groups is 1. The Morgan fingerprint density at radius 2 is 2.14 bits per heavy atom. The second-order valence-corrected chi connectivity index (χ2v) is 4.83. The van der Waals surface area contributed by atoms with Crippen LogP contribution in [0.2, 0.25) is 0 Å². The molecule has 1 heterocycles. The third-order valence-corrected chi connectivity index (χ3v) is 3.38. The summed E-state index contributed by atoms with van der Waals surface area (Å²) in [5.41, 5.74) is 0.420. The van der Waals surface area contributed by atoms with Crippen molar-refractivity contribution in [3.63, 3.8) is 0 Å². The van der Waals surface area contributed by atoms with Gasteiger partial charge in [-0.1, -0.05) is 6.07 Å². The van der Waals surface area contributed by atoms with Crippen molar-refractivity contribution in [3.8, 4) is 0 Å². The van der Waals surface area contributed by atoms with Crippen molar-refractivity contribution >= 4 is 17.3 Å². The van der Waals surface area contributed by atoms with Crippen LogP contribution in [0.5, 0.6) is 0 Å². The fourth-order valence-corrected chi connectivity index (χ4v) is 2.35. The van der Waals surface area contributed by atoms with E-state index >= 15 is 0 Å². The highest BCUT2D eigenvalue weighted by molar-refractivity contribution is 6.02. The number of halogens is 1. The first-order valence-electron chi connectivity index (χ1n) is 7.09. The molecule has 0 saturated carbocycles. The topological polar surface area (TPSA) is 84.7 Å². The van der Waals surface area contributed by atoms with Crippen LogP contribution in [0.4, 0.5) is 15.8 Å². The van der Waals surface area contributed by atoms with Gasteiger partial charge in [0, 0.05) is 25.7 Å². The first-order chi connectivity index (χ1) is 10.6. The highest BCUT2D eigenvalue weighted by atomic mass is 19.1. The zero-order chi connectivity index (χ0) is 15.9. The van der Waals surface area contributed by atoms with E-state index in [1.165, 1.54) is 12.1 Å². The predicted octanol–water partition coefficient (Wildman–Crippen LogP) is 1.52. The van der Waals surface area contributed by atoms with E-state index in [2.05, 4.69) is 5.32 Å². The Hall–Kier alpha value is -2.22. The van der Waals surface area contributed by atoms with Crippen LogP contribution < -0.4 is 10.2 Å². The third kappa shape index (κ3) is 3.70. The highest BCUT2D eigenvalue weighted by Crippen LogP contribution is 2.32. The number of nitrogens with one attached hydrogen (secondary N) is 1. The molecule has 8 heteroatoms. The molecule has 1 amide bonds. The number of nitro groups is 1. The van der Waals surface area contributed by atoms with Crippen LogP contribution in [-0.2, 0) is 4.74 Å². The smallest absolute Gasteiger partial charge is 0.293 e. The van der Waals surface area contributed by atoms with E-state index in [1.807, 2.05) is 0 Å². The van der Waals surface area contributed by atoms with Gasteiger partial charge in [-0.3, -0.25) is 19.3 Å². The van der Waals surface area contributed by atoms with E-state index in [9.17, 15) is 19.3 Å². The number of hydrogen-bond acceptors (Lipinski definition) is 5. The molecule has 0 bridgehead atoms.